The molecule has 0 spiro atoms. The van der Waals surface area contributed by atoms with Crippen molar-refractivity contribution in [1.82, 2.24) is 0 Å². The van der Waals surface area contributed by atoms with Gasteiger partial charge < -0.3 is 5.11 Å². The molecule has 0 bridgehead atoms. The fourth-order valence-corrected chi connectivity index (χ4v) is 0.287. The Hall–Kier alpha value is 0.469. The minimum absolute atomic E-state index is 0. The molecular formula is C3H6O2STc. The predicted molar refractivity (Wildman–Crippen MR) is 26.1 cm³/mol. The van der Waals surface area contributed by atoms with Crippen LogP contribution in [0.3, 0.4) is 0 Å². The molecule has 0 aromatic rings. The summed E-state index contributed by atoms with van der Waals surface area (Å²) in [4.78, 5) is 9.55. The Balaban J connectivity index is 0. The predicted octanol–water partition coefficient (Wildman–Crippen LogP) is 0.388. The van der Waals surface area contributed by atoms with Crippen molar-refractivity contribution in [3.63, 3.8) is 0 Å². The van der Waals surface area contributed by atoms with E-state index >= 15 is 0 Å². The molecule has 0 aliphatic rings. The van der Waals surface area contributed by atoms with Crippen molar-refractivity contribution < 1.29 is 30.0 Å². The molecule has 43 valence electrons. The molecule has 0 rings (SSSR count). The molecule has 0 fully saturated rings. The second-order valence-corrected chi connectivity index (χ2v) is 1.31. The zero-order valence-electron chi connectivity index (χ0n) is 3.59. The van der Waals surface area contributed by atoms with Gasteiger partial charge in [0.2, 0.25) is 0 Å². The van der Waals surface area contributed by atoms with Gasteiger partial charge in [0.1, 0.15) is 0 Å². The molecule has 0 aromatic carbocycles. The van der Waals surface area contributed by atoms with Gasteiger partial charge in [0, 0.05) is 25.9 Å². The van der Waals surface area contributed by atoms with Crippen molar-refractivity contribution >= 4 is 18.6 Å². The number of aliphatic carboxylic acids is 1. The number of carboxylic acid groups (broad SMARTS) is 1. The van der Waals surface area contributed by atoms with E-state index in [2.05, 4.69) is 12.6 Å². The molecule has 0 saturated heterocycles. The first-order chi connectivity index (χ1) is 2.77. The molecule has 0 unspecified atom stereocenters. The maximum Gasteiger partial charge on any atom is 0.304 e. The molecule has 0 heterocycles. The molecule has 1 radical (unpaired) electrons. The summed E-state index contributed by atoms with van der Waals surface area (Å²) >= 11 is 3.68. The van der Waals surface area contributed by atoms with Crippen molar-refractivity contribution in [1.29, 1.82) is 0 Å². The molecule has 1 N–H and O–H groups in total. The third-order valence-electron chi connectivity index (χ3n) is 0.326. The molecule has 0 amide bonds. The third kappa shape index (κ3) is 10.7. The monoisotopic (exact) mass is 203 g/mol. The number of thiol groups is 1. The largest absolute Gasteiger partial charge is 0.481 e. The quantitative estimate of drug-likeness (QED) is 0.638. The van der Waals surface area contributed by atoms with Crippen molar-refractivity contribution in [2.75, 3.05) is 5.75 Å². The smallest absolute Gasteiger partial charge is 0.304 e. The van der Waals surface area contributed by atoms with E-state index in [1.165, 1.54) is 0 Å². The molecule has 0 saturated carbocycles. The summed E-state index contributed by atoms with van der Waals surface area (Å²) in [5.74, 6) is -0.361. The van der Waals surface area contributed by atoms with Gasteiger partial charge in [0.25, 0.3) is 0 Å². The first kappa shape index (κ1) is 10.5. The number of hydrogen-bond donors (Lipinski definition) is 2. The van der Waals surface area contributed by atoms with E-state index in [0.29, 0.717) is 5.75 Å². The van der Waals surface area contributed by atoms with Crippen LogP contribution in [0, 0.1) is 0 Å². The van der Waals surface area contributed by atoms with Crippen LogP contribution in [0.15, 0.2) is 0 Å². The molecule has 0 atom stereocenters. The van der Waals surface area contributed by atoms with E-state index in [-0.39, 0.29) is 26.5 Å². The van der Waals surface area contributed by atoms with Gasteiger partial charge in [-0.05, 0) is 0 Å². The van der Waals surface area contributed by atoms with Gasteiger partial charge in [-0.25, -0.2) is 0 Å². The van der Waals surface area contributed by atoms with E-state index in [0.717, 1.165) is 0 Å². The van der Waals surface area contributed by atoms with Crippen LogP contribution < -0.4 is 0 Å². The summed E-state index contributed by atoms with van der Waals surface area (Å²) in [7, 11) is 0. The average molecular weight is 204 g/mol. The van der Waals surface area contributed by atoms with Gasteiger partial charge in [0.05, 0.1) is 6.42 Å². The van der Waals surface area contributed by atoms with E-state index in [4.69, 9.17) is 5.11 Å². The number of hydrogen-bond acceptors (Lipinski definition) is 2. The van der Waals surface area contributed by atoms with Crippen molar-refractivity contribution in [3.8, 4) is 0 Å². The van der Waals surface area contributed by atoms with Crippen LogP contribution in [-0.4, -0.2) is 16.8 Å². The van der Waals surface area contributed by atoms with Crippen LogP contribution in [0.5, 0.6) is 0 Å². The Labute approximate surface area is 61.1 Å². The van der Waals surface area contributed by atoms with Crippen molar-refractivity contribution in [2.45, 2.75) is 6.42 Å². The Morgan fingerprint density at radius 2 is 2.14 bits per heavy atom. The first-order valence-corrected chi connectivity index (χ1v) is 2.23. The van der Waals surface area contributed by atoms with Gasteiger partial charge in [-0.1, -0.05) is 0 Å². The fraction of sp³-hybridized carbons (Fsp3) is 0.667. The number of carbonyl (C=O) groups is 1. The molecule has 0 aromatic heterocycles. The molecule has 0 aliphatic heterocycles. The summed E-state index contributed by atoms with van der Waals surface area (Å²) in [6, 6.07) is 0. The van der Waals surface area contributed by atoms with Gasteiger partial charge >= 0.3 is 5.97 Å². The molecular weight excluding hydrogens is 198 g/mol. The summed E-state index contributed by atoms with van der Waals surface area (Å²) in [6.45, 7) is 0. The molecule has 4 heteroatoms. The summed E-state index contributed by atoms with van der Waals surface area (Å²) in [6.07, 6.45) is 0.156. The van der Waals surface area contributed by atoms with E-state index in [1.807, 2.05) is 0 Å². The topological polar surface area (TPSA) is 37.3 Å². The van der Waals surface area contributed by atoms with Crippen LogP contribution in [0.2, 0.25) is 0 Å². The van der Waals surface area contributed by atoms with Crippen LogP contribution >= 0.6 is 12.6 Å². The SMILES string of the molecule is O=C(O)CCS.[Tc]. The second-order valence-electron chi connectivity index (χ2n) is 0.867. The number of carboxylic acids is 1. The van der Waals surface area contributed by atoms with E-state index in [1.54, 1.807) is 0 Å². The van der Waals surface area contributed by atoms with Gasteiger partial charge in [0.15, 0.2) is 0 Å². The Bertz CT molecular complexity index is 56.9. The maximum atomic E-state index is 9.55. The molecule has 2 nitrogen and oxygen atoms in total. The van der Waals surface area contributed by atoms with Crippen molar-refractivity contribution in [3.05, 3.63) is 0 Å². The standard InChI is InChI=1S/C3H6O2S.Tc/c4-3(5)1-2-6;/h6H,1-2H2,(H,4,5);. The zero-order valence-corrected chi connectivity index (χ0v) is 6.35. The van der Waals surface area contributed by atoms with Crippen LogP contribution in [0.25, 0.3) is 0 Å². The van der Waals surface area contributed by atoms with Crippen molar-refractivity contribution in [2.24, 2.45) is 0 Å². The van der Waals surface area contributed by atoms with Gasteiger partial charge in [-0.2, -0.15) is 12.6 Å². The normalized spacial score (nSPS) is 7.00. The Kier molecular flexibility index (Phi) is 9.66. The van der Waals surface area contributed by atoms with Gasteiger partial charge in [-0.3, -0.25) is 4.79 Å². The second kappa shape index (κ2) is 6.47. The minimum Gasteiger partial charge on any atom is -0.481 e. The summed E-state index contributed by atoms with van der Waals surface area (Å²) in [5.41, 5.74) is 0. The first-order valence-electron chi connectivity index (χ1n) is 1.60. The van der Waals surface area contributed by atoms with Crippen LogP contribution in [0.4, 0.5) is 0 Å². The molecule has 7 heavy (non-hydrogen) atoms. The maximum absolute atomic E-state index is 9.55. The zero-order chi connectivity index (χ0) is 4.99. The van der Waals surface area contributed by atoms with Gasteiger partial charge in [-0.15, -0.1) is 0 Å². The number of rotatable bonds is 2. The average Bonchev–Trinajstić information content (AvgIpc) is 1.35. The third-order valence-corrected chi connectivity index (χ3v) is 0.549. The van der Waals surface area contributed by atoms with E-state index < -0.39 is 5.97 Å². The van der Waals surface area contributed by atoms with E-state index in [9.17, 15) is 4.79 Å². The summed E-state index contributed by atoms with van der Waals surface area (Å²) < 4.78 is 0. The molecule has 0 aliphatic carbocycles. The Morgan fingerprint density at radius 3 is 2.14 bits per heavy atom. The fourth-order valence-electron chi connectivity index (χ4n) is 0.0956. The minimum atomic E-state index is -0.787. The van der Waals surface area contributed by atoms with Crippen LogP contribution in [0.1, 0.15) is 6.42 Å². The summed E-state index contributed by atoms with van der Waals surface area (Å²) in [5, 5.41) is 7.86. The van der Waals surface area contributed by atoms with Crippen LogP contribution in [-0.2, 0) is 24.9 Å². The Morgan fingerprint density at radius 1 is 1.71 bits per heavy atom.